The highest BCUT2D eigenvalue weighted by atomic mass is 32.2. The van der Waals surface area contributed by atoms with Gasteiger partial charge in [0.05, 0.1) is 4.90 Å². The van der Waals surface area contributed by atoms with E-state index in [9.17, 15) is 13.2 Å². The predicted molar refractivity (Wildman–Crippen MR) is 149 cm³/mol. The Morgan fingerprint density at radius 1 is 0.722 bits per heavy atom. The van der Waals surface area contributed by atoms with E-state index >= 15 is 0 Å². The predicted octanol–water partition coefficient (Wildman–Crippen LogP) is 5.90. The van der Waals surface area contributed by atoms with Gasteiger partial charge in [-0.25, -0.2) is 8.42 Å². The zero-order valence-electron chi connectivity index (χ0n) is 19.8. The molecule has 0 aliphatic carbocycles. The van der Waals surface area contributed by atoms with Crippen LogP contribution >= 0.6 is 12.2 Å². The van der Waals surface area contributed by atoms with Gasteiger partial charge in [0.25, 0.3) is 15.9 Å². The van der Waals surface area contributed by atoms with Gasteiger partial charge in [0.1, 0.15) is 0 Å². The highest BCUT2D eigenvalue weighted by Gasteiger charge is 2.15. The van der Waals surface area contributed by atoms with E-state index in [0.717, 1.165) is 22.3 Å². The maximum atomic E-state index is 12.8. The molecule has 0 radical (unpaired) electrons. The van der Waals surface area contributed by atoms with Crippen molar-refractivity contribution in [2.45, 2.75) is 18.7 Å². The Kier molecular flexibility index (Phi) is 7.47. The molecule has 182 valence electrons. The van der Waals surface area contributed by atoms with Gasteiger partial charge in [-0.05, 0) is 96.9 Å². The third kappa shape index (κ3) is 6.35. The molecule has 0 bridgehead atoms. The standard InChI is InChI=1S/C28H25N3O3S2/c1-19-16-20(2)18-25(17-19)31-36(33,34)26-14-12-24(13-15-26)29-28(35)30-27(32)23-10-8-22(9-11-23)21-6-4-3-5-7-21/h3-18,31H,1-2H3,(H2,29,30,32,35). The molecule has 4 aromatic rings. The van der Waals surface area contributed by atoms with Crippen LogP contribution in [0, 0.1) is 13.8 Å². The fourth-order valence-electron chi connectivity index (χ4n) is 3.75. The Balaban J connectivity index is 1.36. The Morgan fingerprint density at radius 2 is 1.31 bits per heavy atom. The minimum atomic E-state index is -3.75. The van der Waals surface area contributed by atoms with E-state index < -0.39 is 10.0 Å². The van der Waals surface area contributed by atoms with Gasteiger partial charge in [0.2, 0.25) is 0 Å². The molecule has 0 unspecified atom stereocenters. The smallest absolute Gasteiger partial charge is 0.261 e. The minimum absolute atomic E-state index is 0.108. The monoisotopic (exact) mass is 515 g/mol. The fraction of sp³-hybridized carbons (Fsp3) is 0.0714. The molecule has 0 atom stereocenters. The lowest BCUT2D eigenvalue weighted by atomic mass is 10.0. The number of nitrogens with one attached hydrogen (secondary N) is 3. The van der Waals surface area contributed by atoms with Crippen LogP contribution in [-0.2, 0) is 10.0 Å². The zero-order valence-corrected chi connectivity index (χ0v) is 21.4. The van der Waals surface area contributed by atoms with E-state index in [1.807, 2.05) is 62.4 Å². The van der Waals surface area contributed by atoms with Crippen LogP contribution in [0.5, 0.6) is 0 Å². The largest absolute Gasteiger partial charge is 0.332 e. The number of sulfonamides is 1. The van der Waals surface area contributed by atoms with E-state index in [1.165, 1.54) is 12.1 Å². The number of thiocarbonyl (C=S) groups is 1. The molecule has 0 aliphatic rings. The summed E-state index contributed by atoms with van der Waals surface area (Å²) in [7, 11) is -3.75. The summed E-state index contributed by atoms with van der Waals surface area (Å²) in [6.07, 6.45) is 0. The van der Waals surface area contributed by atoms with Crippen molar-refractivity contribution < 1.29 is 13.2 Å². The van der Waals surface area contributed by atoms with E-state index in [2.05, 4.69) is 15.4 Å². The molecule has 0 saturated heterocycles. The molecule has 0 fully saturated rings. The summed E-state index contributed by atoms with van der Waals surface area (Å²) in [5.41, 5.74) is 5.54. The zero-order chi connectivity index (χ0) is 25.7. The fourth-order valence-corrected chi connectivity index (χ4v) is 5.00. The maximum Gasteiger partial charge on any atom is 0.261 e. The Labute approximate surface area is 216 Å². The first kappa shape index (κ1) is 25.1. The molecular formula is C28H25N3O3S2. The number of rotatable bonds is 6. The third-order valence-corrected chi connectivity index (χ3v) is 6.98. The first-order valence-electron chi connectivity index (χ1n) is 11.2. The molecule has 36 heavy (non-hydrogen) atoms. The average molecular weight is 516 g/mol. The summed E-state index contributed by atoms with van der Waals surface area (Å²) in [5, 5.41) is 5.66. The van der Waals surface area contributed by atoms with E-state index in [1.54, 1.807) is 36.4 Å². The number of carbonyl (C=O) groups is 1. The van der Waals surface area contributed by atoms with Crippen LogP contribution in [0.25, 0.3) is 11.1 Å². The summed E-state index contributed by atoms with van der Waals surface area (Å²) < 4.78 is 28.1. The van der Waals surface area contributed by atoms with Gasteiger partial charge >= 0.3 is 0 Å². The number of carbonyl (C=O) groups excluding carboxylic acids is 1. The summed E-state index contributed by atoms with van der Waals surface area (Å²) >= 11 is 5.26. The highest BCUT2D eigenvalue weighted by Crippen LogP contribution is 2.21. The normalized spacial score (nSPS) is 10.9. The van der Waals surface area contributed by atoms with Gasteiger partial charge in [0, 0.05) is 16.9 Å². The van der Waals surface area contributed by atoms with E-state index in [0.29, 0.717) is 16.9 Å². The van der Waals surface area contributed by atoms with E-state index in [4.69, 9.17) is 12.2 Å². The van der Waals surface area contributed by atoms with Crippen LogP contribution in [0.2, 0.25) is 0 Å². The minimum Gasteiger partial charge on any atom is -0.332 e. The van der Waals surface area contributed by atoms with Crippen molar-refractivity contribution >= 4 is 44.6 Å². The molecule has 4 rings (SSSR count). The van der Waals surface area contributed by atoms with Crippen molar-refractivity contribution in [3.05, 3.63) is 114 Å². The summed E-state index contributed by atoms with van der Waals surface area (Å²) in [4.78, 5) is 12.7. The van der Waals surface area contributed by atoms with Crippen molar-refractivity contribution in [3.63, 3.8) is 0 Å². The summed E-state index contributed by atoms with van der Waals surface area (Å²) in [6, 6.07) is 28.8. The molecule has 0 aliphatic heterocycles. The Hall–Kier alpha value is -4.01. The molecule has 4 aromatic carbocycles. The van der Waals surface area contributed by atoms with Crippen molar-refractivity contribution in [3.8, 4) is 11.1 Å². The molecule has 0 spiro atoms. The van der Waals surface area contributed by atoms with Crippen LogP contribution in [-0.4, -0.2) is 19.4 Å². The molecule has 6 nitrogen and oxygen atoms in total. The number of hydrogen-bond acceptors (Lipinski definition) is 4. The van der Waals surface area contributed by atoms with Crippen LogP contribution < -0.4 is 15.4 Å². The van der Waals surface area contributed by atoms with Gasteiger partial charge in [-0.15, -0.1) is 0 Å². The van der Waals surface area contributed by atoms with E-state index in [-0.39, 0.29) is 15.9 Å². The average Bonchev–Trinajstić information content (AvgIpc) is 2.84. The maximum absolute atomic E-state index is 12.8. The summed E-state index contributed by atoms with van der Waals surface area (Å²) in [6.45, 7) is 3.82. The van der Waals surface area contributed by atoms with Crippen molar-refractivity contribution in [1.29, 1.82) is 0 Å². The van der Waals surface area contributed by atoms with Crippen LogP contribution in [0.15, 0.2) is 102 Å². The second-order valence-electron chi connectivity index (χ2n) is 8.36. The van der Waals surface area contributed by atoms with Crippen LogP contribution in [0.4, 0.5) is 11.4 Å². The van der Waals surface area contributed by atoms with Gasteiger partial charge in [-0.1, -0.05) is 48.5 Å². The van der Waals surface area contributed by atoms with Gasteiger partial charge in [-0.2, -0.15) is 0 Å². The number of anilines is 2. The number of aryl methyl sites for hydroxylation is 2. The molecular weight excluding hydrogens is 490 g/mol. The molecule has 1 amide bonds. The third-order valence-electron chi connectivity index (χ3n) is 5.38. The molecule has 3 N–H and O–H groups in total. The number of hydrogen-bond donors (Lipinski definition) is 3. The van der Waals surface area contributed by atoms with Gasteiger partial charge in [-0.3, -0.25) is 14.8 Å². The molecule has 8 heteroatoms. The topological polar surface area (TPSA) is 87.3 Å². The lowest BCUT2D eigenvalue weighted by Crippen LogP contribution is -2.34. The van der Waals surface area contributed by atoms with Crippen molar-refractivity contribution in [1.82, 2.24) is 5.32 Å². The molecule has 0 saturated carbocycles. The highest BCUT2D eigenvalue weighted by molar-refractivity contribution is 7.92. The lowest BCUT2D eigenvalue weighted by molar-refractivity contribution is 0.0977. The Bertz CT molecular complexity index is 1480. The SMILES string of the molecule is Cc1cc(C)cc(NS(=O)(=O)c2ccc(NC(=S)NC(=O)c3ccc(-c4ccccc4)cc3)cc2)c1. The molecule has 0 aromatic heterocycles. The second kappa shape index (κ2) is 10.7. The summed E-state index contributed by atoms with van der Waals surface area (Å²) in [5.74, 6) is -0.344. The second-order valence-corrected chi connectivity index (χ2v) is 10.4. The lowest BCUT2D eigenvalue weighted by Gasteiger charge is -2.12. The van der Waals surface area contributed by atoms with Crippen molar-refractivity contribution in [2.75, 3.05) is 10.0 Å². The Morgan fingerprint density at radius 3 is 1.92 bits per heavy atom. The van der Waals surface area contributed by atoms with Crippen LogP contribution in [0.1, 0.15) is 21.5 Å². The first-order valence-corrected chi connectivity index (χ1v) is 13.1. The van der Waals surface area contributed by atoms with Crippen LogP contribution in [0.3, 0.4) is 0 Å². The van der Waals surface area contributed by atoms with Gasteiger partial charge in [0.15, 0.2) is 5.11 Å². The molecule has 0 heterocycles. The quantitative estimate of drug-likeness (QED) is 0.278. The number of amides is 1. The first-order chi connectivity index (χ1) is 17.2. The van der Waals surface area contributed by atoms with Crippen molar-refractivity contribution in [2.24, 2.45) is 0 Å². The van der Waals surface area contributed by atoms with Gasteiger partial charge < -0.3 is 5.32 Å². The number of benzene rings is 4.